The van der Waals surface area contributed by atoms with E-state index in [0.29, 0.717) is 47.8 Å². The third-order valence-corrected chi connectivity index (χ3v) is 20.4. The molecule has 1 spiro atoms. The summed E-state index contributed by atoms with van der Waals surface area (Å²) in [6.45, 7) is 7.30. The fourth-order valence-corrected chi connectivity index (χ4v) is 16.1. The molecule has 6 saturated heterocycles. The average molecular weight is 1070 g/mol. The summed E-state index contributed by atoms with van der Waals surface area (Å²) in [5.74, 6) is 3.02. The van der Waals surface area contributed by atoms with Crippen LogP contribution in [0.5, 0.6) is 0 Å². The molecule has 74 heavy (non-hydrogen) atoms. The van der Waals surface area contributed by atoms with Gasteiger partial charge >= 0.3 is 0 Å². The lowest BCUT2D eigenvalue weighted by molar-refractivity contribution is -0.393. The van der Waals surface area contributed by atoms with Crippen LogP contribution in [0.3, 0.4) is 0 Å². The Morgan fingerprint density at radius 3 is 1.73 bits per heavy atom. The van der Waals surface area contributed by atoms with Crippen molar-refractivity contribution in [1.29, 1.82) is 0 Å². The summed E-state index contributed by atoms with van der Waals surface area (Å²) in [7, 11) is 0. The SMILES string of the molecule is C[C@@H]1CC[C@@]2(OC1)OC1CC3C4CC[C@@H]5C[C@@H](O[C@@H]6O[C@H](CO)[C@@H](O[C@H]7O[C@H](CO[C@@H]8O[C@H](CO)[C@H](O)[C@H](O)[C@H]8O)[C@@H](O)[C@H](O)[C@H]7O[C@@H]7O[C@H](CO)[C@H](O)[C@H](O)[C@H]7O)[C@H](O)[C@H]6O)CC[C@]5(C)C4CC[C@]3(C)C1[C@@H]2C. The van der Waals surface area contributed by atoms with Crippen LogP contribution in [0.4, 0.5) is 0 Å². The highest BCUT2D eigenvalue weighted by molar-refractivity contribution is 5.15. The fourth-order valence-electron chi connectivity index (χ4n) is 16.1. The van der Waals surface area contributed by atoms with Crippen LogP contribution in [0.1, 0.15) is 91.9 Å². The number of ether oxygens (including phenoxy) is 10. The molecule has 0 aromatic rings. The molecule has 0 amide bonds. The second kappa shape index (κ2) is 21.9. The Morgan fingerprint density at radius 1 is 0.500 bits per heavy atom. The molecule has 23 nitrogen and oxygen atoms in total. The molecule has 0 aromatic heterocycles. The highest BCUT2D eigenvalue weighted by atomic mass is 16.8. The van der Waals surface area contributed by atoms with Gasteiger partial charge in [0.15, 0.2) is 30.9 Å². The largest absolute Gasteiger partial charge is 0.394 e. The van der Waals surface area contributed by atoms with Crippen molar-refractivity contribution in [3.8, 4) is 0 Å². The second-order valence-corrected chi connectivity index (χ2v) is 24.4. The summed E-state index contributed by atoms with van der Waals surface area (Å²) in [5.41, 5.74) is 0.279. The van der Waals surface area contributed by atoms with Gasteiger partial charge in [0, 0.05) is 12.3 Å². The monoisotopic (exact) mass is 1060 g/mol. The van der Waals surface area contributed by atoms with Crippen LogP contribution in [-0.2, 0) is 47.4 Å². The Morgan fingerprint density at radius 2 is 1.07 bits per heavy atom. The van der Waals surface area contributed by atoms with Gasteiger partial charge in [-0.3, -0.25) is 0 Å². The Hall–Kier alpha value is -0.920. The van der Waals surface area contributed by atoms with Gasteiger partial charge < -0.3 is 114 Å². The van der Waals surface area contributed by atoms with Gasteiger partial charge in [0.25, 0.3) is 0 Å². The molecule has 4 aliphatic carbocycles. The molecule has 0 bridgehead atoms. The first-order chi connectivity index (χ1) is 35.2. The number of hydrogen-bond donors (Lipinski definition) is 13. The molecule has 10 rings (SSSR count). The first-order valence-electron chi connectivity index (χ1n) is 27.3. The molecule has 32 atom stereocenters. The Bertz CT molecular complexity index is 1870. The van der Waals surface area contributed by atoms with E-state index in [2.05, 4.69) is 27.7 Å². The summed E-state index contributed by atoms with van der Waals surface area (Å²) in [6.07, 6.45) is -24.9. The highest BCUT2D eigenvalue weighted by Gasteiger charge is 2.69. The van der Waals surface area contributed by atoms with Gasteiger partial charge in [-0.2, -0.15) is 0 Å². The number of hydrogen-bond acceptors (Lipinski definition) is 23. The Labute approximate surface area is 430 Å². The summed E-state index contributed by atoms with van der Waals surface area (Å²) in [5, 5.41) is 139. The average Bonchev–Trinajstić information content (AvgIpc) is 3.84. The summed E-state index contributed by atoms with van der Waals surface area (Å²) in [6, 6.07) is 0. The molecule has 426 valence electrons. The number of fused-ring (bicyclic) bond motifs is 7. The molecule has 13 N–H and O–H groups in total. The maximum absolute atomic E-state index is 11.8. The van der Waals surface area contributed by atoms with Crippen molar-refractivity contribution in [2.75, 3.05) is 33.0 Å². The van der Waals surface area contributed by atoms with Crippen molar-refractivity contribution in [3.63, 3.8) is 0 Å². The van der Waals surface area contributed by atoms with Gasteiger partial charge in [-0.1, -0.05) is 27.7 Å². The predicted octanol–water partition coefficient (Wildman–Crippen LogP) is -2.91. The minimum absolute atomic E-state index is 0.0837. The maximum Gasteiger partial charge on any atom is 0.187 e. The zero-order valence-corrected chi connectivity index (χ0v) is 42.7. The standard InChI is InChI=1S/C51H84O23/c1-20-7-12-51(66-18-20)21(2)32-27(74-51)14-26-24-6-5-22-13-23(8-10-49(22,3)25(24)9-11-50(26,32)4)67-46-42(64)39(61)43(30(17-54)70-46)72-48-44(73-47-41(63)37(59)34(56)29(16-53)69-47)38(60)35(57)31(71-48)19-65-45-40(62)36(58)33(55)28(15-52)68-45/h20-48,52-64H,5-19H2,1-4H3/t20-,21+,22-,23+,24?,25?,26?,27?,28-,29-,30-,31-,32?,33+,34+,35-,36+,37+,38+,39-,40-,41-,42-,43-,44-,45-,46-,47+,48-,49+,50+,51-/m1/s1. The van der Waals surface area contributed by atoms with E-state index in [0.717, 1.165) is 64.4 Å². The van der Waals surface area contributed by atoms with E-state index in [-0.39, 0.29) is 23.0 Å². The van der Waals surface area contributed by atoms with Crippen LogP contribution in [0.15, 0.2) is 0 Å². The third-order valence-electron chi connectivity index (χ3n) is 20.4. The van der Waals surface area contributed by atoms with E-state index >= 15 is 0 Å². The second-order valence-electron chi connectivity index (χ2n) is 24.4. The minimum atomic E-state index is -2.03. The summed E-state index contributed by atoms with van der Waals surface area (Å²) < 4.78 is 60.8. The molecule has 10 fully saturated rings. The van der Waals surface area contributed by atoms with Gasteiger partial charge in [0.05, 0.1) is 45.2 Å². The number of aliphatic hydroxyl groups is 13. The van der Waals surface area contributed by atoms with Gasteiger partial charge in [0.1, 0.15) is 97.7 Å². The quantitative estimate of drug-likeness (QED) is 0.0872. The highest BCUT2D eigenvalue weighted by Crippen LogP contribution is 2.71. The van der Waals surface area contributed by atoms with Crippen LogP contribution in [-0.4, -0.2) is 240 Å². The molecule has 6 heterocycles. The lowest BCUT2D eigenvalue weighted by Crippen LogP contribution is -2.67. The van der Waals surface area contributed by atoms with E-state index in [1.807, 2.05) is 0 Å². The Balaban J connectivity index is 0.797. The maximum atomic E-state index is 11.8. The summed E-state index contributed by atoms with van der Waals surface area (Å²) >= 11 is 0. The third kappa shape index (κ3) is 9.66. The zero-order valence-electron chi connectivity index (χ0n) is 42.7. The van der Waals surface area contributed by atoms with Crippen molar-refractivity contribution in [3.05, 3.63) is 0 Å². The topological polar surface area (TPSA) is 355 Å². The molecule has 23 heteroatoms. The smallest absolute Gasteiger partial charge is 0.187 e. The van der Waals surface area contributed by atoms with Crippen molar-refractivity contribution in [2.45, 2.75) is 233 Å². The van der Waals surface area contributed by atoms with Crippen LogP contribution < -0.4 is 0 Å². The van der Waals surface area contributed by atoms with Crippen LogP contribution in [0.2, 0.25) is 0 Å². The van der Waals surface area contributed by atoms with Gasteiger partial charge in [-0.05, 0) is 104 Å². The van der Waals surface area contributed by atoms with Crippen LogP contribution >= 0.6 is 0 Å². The molecular weight excluding hydrogens is 981 g/mol. The molecule has 10 aliphatic rings. The van der Waals surface area contributed by atoms with Crippen molar-refractivity contribution >= 4 is 0 Å². The Kier molecular flexibility index (Phi) is 16.6. The molecule has 0 radical (unpaired) electrons. The molecule has 6 aliphatic heterocycles. The molecular formula is C51H84O23. The number of aliphatic hydroxyl groups excluding tert-OH is 13. The van der Waals surface area contributed by atoms with E-state index in [1.165, 1.54) is 0 Å². The molecule has 4 saturated carbocycles. The van der Waals surface area contributed by atoms with E-state index in [9.17, 15) is 66.4 Å². The predicted molar refractivity (Wildman–Crippen MR) is 248 cm³/mol. The van der Waals surface area contributed by atoms with Crippen molar-refractivity contribution in [1.82, 2.24) is 0 Å². The van der Waals surface area contributed by atoms with Gasteiger partial charge in [-0.15, -0.1) is 0 Å². The minimum Gasteiger partial charge on any atom is -0.394 e. The zero-order chi connectivity index (χ0) is 52.9. The number of rotatable bonds is 12. The van der Waals surface area contributed by atoms with E-state index in [1.54, 1.807) is 0 Å². The van der Waals surface area contributed by atoms with Crippen LogP contribution in [0.25, 0.3) is 0 Å². The van der Waals surface area contributed by atoms with Crippen molar-refractivity contribution < 1.29 is 114 Å². The van der Waals surface area contributed by atoms with Crippen molar-refractivity contribution in [2.24, 2.45) is 52.3 Å². The molecule has 5 unspecified atom stereocenters. The van der Waals surface area contributed by atoms with Gasteiger partial charge in [-0.25, -0.2) is 0 Å². The first kappa shape index (κ1) is 56.4. The van der Waals surface area contributed by atoms with E-state index < -0.39 is 155 Å². The van der Waals surface area contributed by atoms with Crippen LogP contribution in [0, 0.1) is 52.3 Å². The summed E-state index contributed by atoms with van der Waals surface area (Å²) in [4.78, 5) is 0. The lowest BCUT2D eigenvalue weighted by Gasteiger charge is -2.61. The van der Waals surface area contributed by atoms with Gasteiger partial charge in [0.2, 0.25) is 0 Å². The lowest BCUT2D eigenvalue weighted by atomic mass is 9.44. The fraction of sp³-hybridized carbons (Fsp3) is 1.00. The van der Waals surface area contributed by atoms with E-state index in [4.69, 9.17) is 47.4 Å². The molecule has 0 aromatic carbocycles. The first-order valence-corrected chi connectivity index (χ1v) is 27.3. The normalized spacial score (nSPS) is 57.6.